The molecule has 3 atom stereocenters. The molecule has 0 saturated heterocycles. The Morgan fingerprint density at radius 2 is 1.02 bits per heavy atom. The zero-order valence-corrected chi connectivity index (χ0v) is 34.4. The molecule has 0 saturated carbocycles. The highest BCUT2D eigenvalue weighted by Gasteiger charge is 2.28. The molecule has 0 aromatic carbocycles. The van der Waals surface area contributed by atoms with Gasteiger partial charge < -0.3 is 25.2 Å². The van der Waals surface area contributed by atoms with Gasteiger partial charge in [0, 0.05) is 12.8 Å². The Hall–Kier alpha value is -2.56. The van der Waals surface area contributed by atoms with Crippen LogP contribution in [0.25, 0.3) is 0 Å². The minimum absolute atomic E-state index is 0.0409. The van der Waals surface area contributed by atoms with E-state index in [1.54, 1.807) is 0 Å². The number of aliphatic carboxylic acids is 1. The lowest BCUT2D eigenvalue weighted by Gasteiger charge is -2.20. The van der Waals surface area contributed by atoms with Crippen LogP contribution in [0.5, 0.6) is 0 Å². The Morgan fingerprint density at radius 3 is 1.54 bits per heavy atom. The number of hydrogen-bond acceptors (Lipinski definition) is 9. The number of unbranched alkanes of at least 4 members (excludes halogenated alkanes) is 16. The molecule has 11 nitrogen and oxygen atoms in total. The molecular formula is C42H74NO10P. The first-order valence-electron chi connectivity index (χ1n) is 20.7. The third-order valence-corrected chi connectivity index (χ3v) is 9.54. The van der Waals surface area contributed by atoms with Crippen molar-refractivity contribution in [1.29, 1.82) is 0 Å². The van der Waals surface area contributed by atoms with Crippen molar-refractivity contribution in [3.8, 4) is 0 Å². The van der Waals surface area contributed by atoms with Gasteiger partial charge in [-0.3, -0.25) is 23.4 Å². The number of nitrogens with two attached hydrogens (primary N) is 1. The lowest BCUT2D eigenvalue weighted by molar-refractivity contribution is -0.161. The number of phosphoric ester groups is 1. The smallest absolute Gasteiger partial charge is 0.472 e. The number of carboxylic acids is 1. The number of carbonyl (C=O) groups excluding carboxylic acids is 2. The first kappa shape index (κ1) is 51.4. The molecule has 0 aliphatic heterocycles. The molecule has 0 heterocycles. The summed E-state index contributed by atoms with van der Waals surface area (Å²) in [7, 11) is -4.73. The van der Waals surface area contributed by atoms with E-state index in [0.717, 1.165) is 44.9 Å². The van der Waals surface area contributed by atoms with Gasteiger partial charge in [0.25, 0.3) is 0 Å². The van der Waals surface area contributed by atoms with Crippen LogP contribution in [0.3, 0.4) is 0 Å². The summed E-state index contributed by atoms with van der Waals surface area (Å²) in [4.78, 5) is 45.8. The van der Waals surface area contributed by atoms with Crippen molar-refractivity contribution in [1.82, 2.24) is 0 Å². The largest absolute Gasteiger partial charge is 0.480 e. The van der Waals surface area contributed by atoms with Crippen LogP contribution >= 0.6 is 7.82 Å². The van der Waals surface area contributed by atoms with Crippen LogP contribution in [0.4, 0.5) is 0 Å². The minimum Gasteiger partial charge on any atom is -0.480 e. The average Bonchev–Trinajstić information content (AvgIpc) is 3.14. The molecule has 0 aliphatic rings. The van der Waals surface area contributed by atoms with Gasteiger partial charge in [0.1, 0.15) is 12.6 Å². The van der Waals surface area contributed by atoms with Crippen molar-refractivity contribution in [2.24, 2.45) is 5.73 Å². The number of esters is 2. The molecule has 0 aromatic rings. The third kappa shape index (κ3) is 36.4. The SMILES string of the molecule is CCCCCCC=CCC=CCC=CCC=CCCC(=O)OC(COC(=O)CCCCCCCCCCCCCCC)COP(=O)(O)OCC(N)C(=O)O. The fraction of sp³-hybridized carbons (Fsp3) is 0.738. The van der Waals surface area contributed by atoms with Crippen LogP contribution in [-0.2, 0) is 37.5 Å². The van der Waals surface area contributed by atoms with Crippen LogP contribution in [0.15, 0.2) is 48.6 Å². The average molecular weight is 784 g/mol. The van der Waals surface area contributed by atoms with E-state index in [9.17, 15) is 23.8 Å². The van der Waals surface area contributed by atoms with Gasteiger partial charge in [-0.1, -0.05) is 159 Å². The summed E-state index contributed by atoms with van der Waals surface area (Å²) in [5.41, 5.74) is 5.32. The fourth-order valence-electron chi connectivity index (χ4n) is 5.31. The molecule has 0 bridgehead atoms. The summed E-state index contributed by atoms with van der Waals surface area (Å²) in [5.74, 6) is -2.48. The number of ether oxygens (including phenoxy) is 2. The number of phosphoric acid groups is 1. The summed E-state index contributed by atoms with van der Waals surface area (Å²) in [6.07, 6.45) is 40.5. The Labute approximate surface area is 326 Å². The van der Waals surface area contributed by atoms with Crippen molar-refractivity contribution >= 4 is 25.7 Å². The normalized spacial score (nSPS) is 14.3. The van der Waals surface area contributed by atoms with E-state index >= 15 is 0 Å². The van der Waals surface area contributed by atoms with Gasteiger partial charge in [-0.15, -0.1) is 0 Å². The topological polar surface area (TPSA) is 172 Å². The predicted octanol–water partition coefficient (Wildman–Crippen LogP) is 10.6. The molecule has 12 heteroatoms. The van der Waals surface area contributed by atoms with Crippen LogP contribution in [0.2, 0.25) is 0 Å². The molecule has 0 fully saturated rings. The van der Waals surface area contributed by atoms with E-state index in [2.05, 4.69) is 54.8 Å². The van der Waals surface area contributed by atoms with Crippen LogP contribution in [-0.4, -0.2) is 59.9 Å². The maximum Gasteiger partial charge on any atom is 0.472 e. The lowest BCUT2D eigenvalue weighted by atomic mass is 10.0. The maximum absolute atomic E-state index is 12.6. The first-order chi connectivity index (χ1) is 26.1. The standard InChI is InChI=1S/C42H74NO10P/c1-3-5-7-9-11-13-15-17-18-19-20-22-24-26-28-30-32-34-41(45)53-38(36-51-54(48,49)52-37-39(43)42(46)47)35-50-40(44)33-31-29-27-25-23-21-16-14-12-10-8-6-4-2/h13,15,18-19,22,24,28,30,38-39H,3-12,14,16-17,20-21,23,25-27,29,31-37,43H2,1-2H3,(H,46,47)(H,48,49). The second-order valence-corrected chi connectivity index (χ2v) is 15.2. The summed E-state index contributed by atoms with van der Waals surface area (Å²) in [6.45, 7) is 2.70. The van der Waals surface area contributed by atoms with Gasteiger partial charge in [-0.25, -0.2) is 4.57 Å². The number of carbonyl (C=O) groups is 3. The summed E-state index contributed by atoms with van der Waals surface area (Å²) in [6, 6.07) is -1.53. The molecule has 312 valence electrons. The van der Waals surface area contributed by atoms with Gasteiger partial charge in [-0.05, 0) is 44.9 Å². The van der Waals surface area contributed by atoms with E-state index < -0.39 is 51.1 Å². The fourth-order valence-corrected chi connectivity index (χ4v) is 6.08. The van der Waals surface area contributed by atoms with E-state index in [1.165, 1.54) is 83.5 Å². The number of allylic oxidation sites excluding steroid dienone is 8. The van der Waals surface area contributed by atoms with Crippen molar-refractivity contribution in [2.45, 2.75) is 180 Å². The summed E-state index contributed by atoms with van der Waals surface area (Å²) in [5, 5.41) is 8.87. The highest BCUT2D eigenvalue weighted by molar-refractivity contribution is 7.47. The lowest BCUT2D eigenvalue weighted by Crippen LogP contribution is -2.34. The summed E-state index contributed by atoms with van der Waals surface area (Å²) < 4.78 is 32.5. The molecule has 3 unspecified atom stereocenters. The second kappa shape index (κ2) is 37.4. The maximum atomic E-state index is 12.6. The monoisotopic (exact) mass is 784 g/mol. The summed E-state index contributed by atoms with van der Waals surface area (Å²) >= 11 is 0. The third-order valence-electron chi connectivity index (χ3n) is 8.59. The number of hydrogen-bond donors (Lipinski definition) is 3. The Bertz CT molecular complexity index is 1110. The van der Waals surface area contributed by atoms with Gasteiger partial charge in [-0.2, -0.15) is 0 Å². The van der Waals surface area contributed by atoms with Gasteiger partial charge in [0.15, 0.2) is 6.10 Å². The van der Waals surface area contributed by atoms with E-state index in [0.29, 0.717) is 12.8 Å². The molecule has 0 rings (SSSR count). The van der Waals surface area contributed by atoms with Crippen LogP contribution < -0.4 is 5.73 Å². The van der Waals surface area contributed by atoms with E-state index in [1.807, 2.05) is 12.2 Å². The molecule has 54 heavy (non-hydrogen) atoms. The quantitative estimate of drug-likeness (QED) is 0.0235. The molecule has 0 aromatic heterocycles. The second-order valence-electron chi connectivity index (χ2n) is 13.8. The molecular weight excluding hydrogens is 709 g/mol. The van der Waals surface area contributed by atoms with Crippen molar-refractivity contribution in [2.75, 3.05) is 19.8 Å². The van der Waals surface area contributed by atoms with Gasteiger partial charge >= 0.3 is 25.7 Å². The van der Waals surface area contributed by atoms with E-state index in [-0.39, 0.29) is 19.4 Å². The zero-order valence-electron chi connectivity index (χ0n) is 33.6. The molecule has 0 spiro atoms. The van der Waals surface area contributed by atoms with Crippen LogP contribution in [0, 0.1) is 0 Å². The minimum atomic E-state index is -4.73. The van der Waals surface area contributed by atoms with Crippen molar-refractivity contribution < 1.29 is 47.5 Å². The Morgan fingerprint density at radius 1 is 0.574 bits per heavy atom. The number of rotatable bonds is 38. The van der Waals surface area contributed by atoms with E-state index in [4.69, 9.17) is 24.8 Å². The molecule has 4 N–H and O–H groups in total. The Kier molecular flexibility index (Phi) is 35.6. The molecule has 0 radical (unpaired) electrons. The molecule has 0 aliphatic carbocycles. The zero-order chi connectivity index (χ0) is 40.0. The highest BCUT2D eigenvalue weighted by atomic mass is 31.2. The van der Waals surface area contributed by atoms with Crippen molar-refractivity contribution in [3.63, 3.8) is 0 Å². The molecule has 0 amide bonds. The van der Waals surface area contributed by atoms with Gasteiger partial charge in [0.05, 0.1) is 13.2 Å². The highest BCUT2D eigenvalue weighted by Crippen LogP contribution is 2.43. The van der Waals surface area contributed by atoms with Crippen LogP contribution in [0.1, 0.15) is 168 Å². The first-order valence-corrected chi connectivity index (χ1v) is 22.2. The number of carboxylic acid groups (broad SMARTS) is 1. The van der Waals surface area contributed by atoms with Crippen molar-refractivity contribution in [3.05, 3.63) is 48.6 Å². The Balaban J connectivity index is 4.52. The van der Waals surface area contributed by atoms with Gasteiger partial charge in [0.2, 0.25) is 0 Å². The predicted molar refractivity (Wildman–Crippen MR) is 217 cm³/mol.